The number of nitro benzene ring substituents is 1. The highest BCUT2D eigenvalue weighted by molar-refractivity contribution is 5.65. The van der Waals surface area contributed by atoms with Crippen LogP contribution in [0.4, 0.5) is 24.9 Å². The molecule has 0 aliphatic rings. The van der Waals surface area contributed by atoms with Crippen LogP contribution in [0.3, 0.4) is 0 Å². The van der Waals surface area contributed by atoms with Gasteiger partial charge in [0.15, 0.2) is 0 Å². The average Bonchev–Trinajstić information content (AvgIpc) is 2.83. The van der Waals surface area contributed by atoms with E-state index in [9.17, 15) is 29.3 Å². The molecular weight excluding hydrogens is 522 g/mol. The van der Waals surface area contributed by atoms with Gasteiger partial charge in [-0.3, -0.25) is 19.9 Å². The summed E-state index contributed by atoms with van der Waals surface area (Å²) in [5.41, 5.74) is 0.711. The molecule has 4 amide bonds. The number of nitrogens with zero attached hydrogens (tertiary/aromatic N) is 3. The molecule has 0 aromatic heterocycles. The maximum absolute atomic E-state index is 11.0. The van der Waals surface area contributed by atoms with E-state index in [2.05, 4.69) is 21.3 Å². The van der Waals surface area contributed by atoms with Crippen LogP contribution in [0.5, 0.6) is 0 Å². The Balaban J connectivity index is 3.10. The summed E-state index contributed by atoms with van der Waals surface area (Å²) >= 11 is 0. The Kier molecular flexibility index (Phi) is 15.0. The summed E-state index contributed by atoms with van der Waals surface area (Å²) in [5, 5.41) is 55.7. The molecule has 1 rings (SSSR count). The largest absolute Gasteiger partial charge is 0.465 e. The van der Waals surface area contributed by atoms with E-state index in [0.29, 0.717) is 19.5 Å². The van der Waals surface area contributed by atoms with Crippen LogP contribution < -0.4 is 21.3 Å². The quantitative estimate of drug-likeness (QED) is 0.0852. The summed E-state index contributed by atoms with van der Waals surface area (Å²) in [5.74, 6) is -0.184. The standard InChI is InChI=1S/C22H35N7O10/c30-19(31)23-5-9-27(10-6-24-20(32)33)14-17(13-16-1-3-18(4-2-16)29(38)39)15-28(11-7-25-21(34)35)12-8-26-22(36)37/h1-4,17,23-26H,5-15H2,(H,30,31)(H,32,33)(H,34,35)(H,36,37). The lowest BCUT2D eigenvalue weighted by Gasteiger charge is -2.32. The lowest BCUT2D eigenvalue weighted by molar-refractivity contribution is -0.384. The van der Waals surface area contributed by atoms with E-state index in [1.54, 1.807) is 12.1 Å². The molecule has 0 aliphatic heterocycles. The maximum Gasteiger partial charge on any atom is 0.404 e. The molecule has 0 spiro atoms. The monoisotopic (exact) mass is 557 g/mol. The number of hydrogen-bond donors (Lipinski definition) is 8. The van der Waals surface area contributed by atoms with E-state index in [1.807, 2.05) is 9.80 Å². The highest BCUT2D eigenvalue weighted by atomic mass is 16.6. The molecule has 17 nitrogen and oxygen atoms in total. The first-order valence-electron chi connectivity index (χ1n) is 12.0. The zero-order chi connectivity index (χ0) is 29.2. The van der Waals surface area contributed by atoms with E-state index in [0.717, 1.165) is 5.56 Å². The molecular formula is C22H35N7O10. The molecule has 0 heterocycles. The Morgan fingerprint density at radius 3 is 1.31 bits per heavy atom. The number of hydrogen-bond acceptors (Lipinski definition) is 8. The van der Waals surface area contributed by atoms with Gasteiger partial charge in [-0.1, -0.05) is 12.1 Å². The van der Waals surface area contributed by atoms with Gasteiger partial charge in [0.05, 0.1) is 4.92 Å². The molecule has 218 valence electrons. The molecule has 1 aromatic rings. The number of rotatable bonds is 19. The molecule has 0 radical (unpaired) electrons. The van der Waals surface area contributed by atoms with Crippen molar-refractivity contribution in [2.75, 3.05) is 65.4 Å². The van der Waals surface area contributed by atoms with E-state index < -0.39 is 29.3 Å². The van der Waals surface area contributed by atoms with Gasteiger partial charge in [-0.25, -0.2) is 19.2 Å². The third kappa shape index (κ3) is 16.2. The predicted molar refractivity (Wildman–Crippen MR) is 137 cm³/mol. The zero-order valence-corrected chi connectivity index (χ0v) is 21.2. The number of carboxylic acid groups (broad SMARTS) is 4. The van der Waals surface area contributed by atoms with E-state index in [-0.39, 0.29) is 64.0 Å². The number of non-ortho nitro benzene ring substituents is 1. The molecule has 0 saturated carbocycles. The number of amides is 4. The molecule has 0 unspecified atom stereocenters. The first-order valence-corrected chi connectivity index (χ1v) is 12.0. The summed E-state index contributed by atoms with van der Waals surface area (Å²) in [7, 11) is 0. The highest BCUT2D eigenvalue weighted by Crippen LogP contribution is 2.17. The van der Waals surface area contributed by atoms with Gasteiger partial charge in [0.2, 0.25) is 0 Å². The first kappa shape index (κ1) is 32.6. The van der Waals surface area contributed by atoms with Gasteiger partial charge >= 0.3 is 24.4 Å². The Morgan fingerprint density at radius 1 is 0.692 bits per heavy atom. The van der Waals surface area contributed by atoms with Crippen molar-refractivity contribution < 1.29 is 44.5 Å². The molecule has 0 saturated heterocycles. The number of carbonyl (C=O) groups is 4. The van der Waals surface area contributed by atoms with Gasteiger partial charge < -0.3 is 41.7 Å². The Labute approximate surface area is 223 Å². The summed E-state index contributed by atoms with van der Waals surface area (Å²) in [4.78, 5) is 57.8. The second-order valence-corrected chi connectivity index (χ2v) is 8.52. The fourth-order valence-corrected chi connectivity index (χ4v) is 3.88. The minimum Gasteiger partial charge on any atom is -0.465 e. The smallest absolute Gasteiger partial charge is 0.404 e. The van der Waals surface area contributed by atoms with Crippen LogP contribution >= 0.6 is 0 Å². The van der Waals surface area contributed by atoms with Crippen molar-refractivity contribution in [3.05, 3.63) is 39.9 Å². The molecule has 0 atom stereocenters. The SMILES string of the molecule is O=C(O)NCCN(CCNC(=O)O)CC(Cc1ccc([N+](=O)[O-])cc1)CN(CCNC(=O)O)CCNC(=O)O. The van der Waals surface area contributed by atoms with Crippen molar-refractivity contribution in [1.82, 2.24) is 31.1 Å². The van der Waals surface area contributed by atoms with Crippen LogP contribution in [0.2, 0.25) is 0 Å². The van der Waals surface area contributed by atoms with E-state index in [4.69, 9.17) is 20.4 Å². The third-order valence-corrected chi connectivity index (χ3v) is 5.52. The molecule has 1 aromatic carbocycles. The number of nitro groups is 1. The van der Waals surface area contributed by atoms with E-state index >= 15 is 0 Å². The molecule has 0 bridgehead atoms. The zero-order valence-electron chi connectivity index (χ0n) is 21.2. The average molecular weight is 558 g/mol. The van der Waals surface area contributed by atoms with Crippen molar-refractivity contribution in [1.29, 1.82) is 0 Å². The number of benzene rings is 1. The van der Waals surface area contributed by atoms with Gasteiger partial charge in [0.1, 0.15) is 0 Å². The fraction of sp³-hybridized carbons (Fsp3) is 0.545. The topological polar surface area (TPSA) is 247 Å². The summed E-state index contributed by atoms with van der Waals surface area (Å²) in [6.45, 7) is 2.16. The van der Waals surface area contributed by atoms with E-state index in [1.165, 1.54) is 12.1 Å². The van der Waals surface area contributed by atoms with Crippen LogP contribution in [0.25, 0.3) is 0 Å². The predicted octanol–water partition coefficient (Wildman–Crippen LogP) is 0.428. The lowest BCUT2D eigenvalue weighted by atomic mass is 9.97. The molecule has 0 fully saturated rings. The van der Waals surface area contributed by atoms with Gasteiger partial charge in [0.25, 0.3) is 5.69 Å². The Hall–Kier alpha value is -4.38. The molecule has 39 heavy (non-hydrogen) atoms. The summed E-state index contributed by atoms with van der Waals surface area (Å²) < 4.78 is 0. The first-order chi connectivity index (χ1) is 18.5. The van der Waals surface area contributed by atoms with Gasteiger partial charge in [-0.2, -0.15) is 0 Å². The van der Waals surface area contributed by atoms with Crippen LogP contribution in [-0.4, -0.2) is 125 Å². The second-order valence-electron chi connectivity index (χ2n) is 8.52. The Morgan fingerprint density at radius 2 is 1.03 bits per heavy atom. The van der Waals surface area contributed by atoms with Crippen molar-refractivity contribution in [3.8, 4) is 0 Å². The maximum atomic E-state index is 11.0. The van der Waals surface area contributed by atoms with Gasteiger partial charge in [-0.05, 0) is 17.9 Å². The van der Waals surface area contributed by atoms with Crippen molar-refractivity contribution in [3.63, 3.8) is 0 Å². The highest BCUT2D eigenvalue weighted by Gasteiger charge is 2.20. The normalized spacial score (nSPS) is 10.8. The minimum absolute atomic E-state index is 0.0717. The minimum atomic E-state index is -1.20. The Bertz CT molecular complexity index is 862. The van der Waals surface area contributed by atoms with Gasteiger partial charge in [0, 0.05) is 77.6 Å². The fourth-order valence-electron chi connectivity index (χ4n) is 3.88. The molecule has 0 aliphatic carbocycles. The molecule has 17 heteroatoms. The lowest BCUT2D eigenvalue weighted by Crippen LogP contribution is -2.46. The summed E-state index contributed by atoms with van der Waals surface area (Å²) in [6.07, 6.45) is -4.39. The van der Waals surface area contributed by atoms with Crippen LogP contribution in [0.15, 0.2) is 24.3 Å². The molecule has 8 N–H and O–H groups in total. The van der Waals surface area contributed by atoms with Crippen LogP contribution in [0, 0.1) is 16.0 Å². The van der Waals surface area contributed by atoms with Crippen LogP contribution in [0.1, 0.15) is 5.56 Å². The number of nitrogens with one attached hydrogen (secondary N) is 4. The second kappa shape index (κ2) is 18.0. The third-order valence-electron chi connectivity index (χ3n) is 5.52. The van der Waals surface area contributed by atoms with Crippen LogP contribution in [-0.2, 0) is 6.42 Å². The summed E-state index contributed by atoms with van der Waals surface area (Å²) in [6, 6.07) is 6.00. The van der Waals surface area contributed by atoms with Gasteiger partial charge in [-0.15, -0.1) is 0 Å². The van der Waals surface area contributed by atoms with Crippen molar-refractivity contribution in [2.24, 2.45) is 5.92 Å². The van der Waals surface area contributed by atoms with Crippen molar-refractivity contribution >= 4 is 30.1 Å². The van der Waals surface area contributed by atoms with Crippen molar-refractivity contribution in [2.45, 2.75) is 6.42 Å².